The van der Waals surface area contributed by atoms with Gasteiger partial charge in [-0.2, -0.15) is 0 Å². The van der Waals surface area contributed by atoms with Gasteiger partial charge in [-0.1, -0.05) is 6.07 Å². The van der Waals surface area contributed by atoms with Crippen molar-refractivity contribution >= 4 is 23.3 Å². The van der Waals surface area contributed by atoms with E-state index in [9.17, 15) is 14.4 Å². The Morgan fingerprint density at radius 1 is 1.38 bits per heavy atom. The minimum Gasteiger partial charge on any atom is -0.469 e. The molecular weight excluding hydrogens is 270 g/mol. The first kappa shape index (κ1) is 13.8. The number of benzene rings is 1. The van der Waals surface area contributed by atoms with Gasteiger partial charge in [-0.05, 0) is 30.5 Å². The van der Waals surface area contributed by atoms with Crippen LogP contribution in [0.2, 0.25) is 0 Å². The highest BCUT2D eigenvalue weighted by atomic mass is 16.5. The van der Waals surface area contributed by atoms with E-state index in [2.05, 4.69) is 4.74 Å². The zero-order valence-electron chi connectivity index (χ0n) is 11.9. The molecule has 21 heavy (non-hydrogen) atoms. The molecule has 0 radical (unpaired) electrons. The number of methoxy groups -OCH3 is 1. The summed E-state index contributed by atoms with van der Waals surface area (Å²) in [5.41, 5.74) is 2.37. The first-order valence-electron chi connectivity index (χ1n) is 7.14. The quantitative estimate of drug-likeness (QED) is 0.794. The van der Waals surface area contributed by atoms with Gasteiger partial charge < -0.3 is 9.64 Å². The smallest absolute Gasteiger partial charge is 0.306 e. The molecule has 1 aliphatic carbocycles. The molecule has 0 saturated carbocycles. The normalized spacial score (nSPS) is 20.8. The van der Waals surface area contributed by atoms with E-state index in [1.807, 2.05) is 12.1 Å². The summed E-state index contributed by atoms with van der Waals surface area (Å²) in [5, 5.41) is 0. The topological polar surface area (TPSA) is 63.7 Å². The van der Waals surface area contributed by atoms with E-state index in [1.54, 1.807) is 11.0 Å². The molecule has 2 aliphatic rings. The minimum atomic E-state index is -0.365. The van der Waals surface area contributed by atoms with Crippen LogP contribution in [0.15, 0.2) is 18.2 Å². The highest BCUT2D eigenvalue weighted by Gasteiger charge is 2.33. The van der Waals surface area contributed by atoms with E-state index in [1.165, 1.54) is 7.11 Å². The minimum absolute atomic E-state index is 0.0242. The maximum Gasteiger partial charge on any atom is 0.306 e. The summed E-state index contributed by atoms with van der Waals surface area (Å²) >= 11 is 0. The molecule has 1 aromatic rings. The Morgan fingerprint density at radius 2 is 2.19 bits per heavy atom. The Morgan fingerprint density at radius 3 is 2.86 bits per heavy atom. The fraction of sp³-hybridized carbons (Fsp3) is 0.438. The number of esters is 1. The summed E-state index contributed by atoms with van der Waals surface area (Å²) in [6.07, 6.45) is 2.10. The highest BCUT2D eigenvalue weighted by molar-refractivity contribution is 6.05. The molecule has 1 amide bonds. The number of amides is 1. The summed E-state index contributed by atoms with van der Waals surface area (Å²) in [5.74, 6) is -0.622. The molecule has 1 heterocycles. The largest absolute Gasteiger partial charge is 0.469 e. The number of carbonyl (C=O) groups excluding carboxylic acids is 3. The van der Waals surface area contributed by atoms with Crippen LogP contribution in [0.5, 0.6) is 0 Å². The summed E-state index contributed by atoms with van der Waals surface area (Å²) < 4.78 is 4.63. The van der Waals surface area contributed by atoms with Crippen molar-refractivity contribution in [2.45, 2.75) is 25.7 Å². The Labute approximate surface area is 122 Å². The first-order chi connectivity index (χ1) is 10.1. The van der Waals surface area contributed by atoms with Gasteiger partial charge in [0.2, 0.25) is 5.91 Å². The third kappa shape index (κ3) is 2.44. The third-order valence-corrected chi connectivity index (χ3v) is 4.22. The molecule has 3 rings (SSSR count). The lowest BCUT2D eigenvalue weighted by Crippen LogP contribution is -2.23. The number of anilines is 1. The standard InChI is InChI=1S/C16H17NO4/c1-21-15(19)8-11-7-10-4-5-12(9-13(10)16(11)20)17-6-2-3-14(17)18/h4-5,9,11H,2-3,6-8H2,1H3. The van der Waals surface area contributed by atoms with Crippen LogP contribution >= 0.6 is 0 Å². The Kier molecular flexibility index (Phi) is 3.49. The van der Waals surface area contributed by atoms with Gasteiger partial charge in [0.25, 0.3) is 0 Å². The third-order valence-electron chi connectivity index (χ3n) is 4.22. The second-order valence-corrected chi connectivity index (χ2v) is 5.54. The van der Waals surface area contributed by atoms with E-state index in [4.69, 9.17) is 0 Å². The molecule has 1 atom stereocenters. The van der Waals surface area contributed by atoms with Gasteiger partial charge in [-0.3, -0.25) is 14.4 Å². The molecule has 0 N–H and O–H groups in total. The molecule has 0 aromatic heterocycles. The molecule has 0 spiro atoms. The maximum absolute atomic E-state index is 12.4. The molecule has 1 aliphatic heterocycles. The van der Waals surface area contributed by atoms with Crippen LogP contribution in [-0.2, 0) is 20.7 Å². The summed E-state index contributed by atoms with van der Waals surface area (Å²) in [6.45, 7) is 0.706. The van der Waals surface area contributed by atoms with E-state index in [-0.39, 0.29) is 30.0 Å². The summed E-state index contributed by atoms with van der Waals surface area (Å²) in [7, 11) is 1.33. The summed E-state index contributed by atoms with van der Waals surface area (Å²) in [4.78, 5) is 37.3. The second-order valence-electron chi connectivity index (χ2n) is 5.54. The average Bonchev–Trinajstić information content (AvgIpc) is 3.03. The lowest BCUT2D eigenvalue weighted by atomic mass is 10.0. The van der Waals surface area contributed by atoms with Crippen molar-refractivity contribution in [3.63, 3.8) is 0 Å². The van der Waals surface area contributed by atoms with Crippen molar-refractivity contribution in [1.29, 1.82) is 0 Å². The Bertz CT molecular complexity index is 623. The number of ketones is 1. The molecule has 110 valence electrons. The van der Waals surface area contributed by atoms with Crippen LogP contribution in [0.1, 0.15) is 35.2 Å². The van der Waals surface area contributed by atoms with Gasteiger partial charge in [-0.25, -0.2) is 0 Å². The lowest BCUT2D eigenvalue weighted by Gasteiger charge is -2.16. The molecule has 1 unspecified atom stereocenters. The molecule has 1 fully saturated rings. The molecule has 1 saturated heterocycles. The van der Waals surface area contributed by atoms with E-state index >= 15 is 0 Å². The van der Waals surface area contributed by atoms with Crippen molar-refractivity contribution in [1.82, 2.24) is 0 Å². The number of nitrogens with zero attached hydrogens (tertiary/aromatic N) is 1. The zero-order valence-corrected chi connectivity index (χ0v) is 11.9. The van der Waals surface area contributed by atoms with Crippen LogP contribution in [0.3, 0.4) is 0 Å². The highest BCUT2D eigenvalue weighted by Crippen LogP contribution is 2.33. The summed E-state index contributed by atoms with van der Waals surface area (Å²) in [6, 6.07) is 5.57. The predicted molar refractivity (Wildman–Crippen MR) is 76.2 cm³/mol. The molecule has 5 nitrogen and oxygen atoms in total. The van der Waals surface area contributed by atoms with E-state index < -0.39 is 0 Å². The van der Waals surface area contributed by atoms with Crippen LogP contribution in [0, 0.1) is 5.92 Å². The van der Waals surface area contributed by atoms with Gasteiger partial charge in [-0.15, -0.1) is 0 Å². The molecule has 0 bridgehead atoms. The predicted octanol–water partition coefficient (Wildman–Crippen LogP) is 1.73. The van der Waals surface area contributed by atoms with E-state index in [0.717, 1.165) is 17.7 Å². The van der Waals surface area contributed by atoms with Crippen molar-refractivity contribution in [2.75, 3.05) is 18.6 Å². The van der Waals surface area contributed by atoms with Crippen LogP contribution < -0.4 is 4.90 Å². The van der Waals surface area contributed by atoms with Crippen LogP contribution in [0.4, 0.5) is 5.69 Å². The van der Waals surface area contributed by atoms with Gasteiger partial charge in [0, 0.05) is 30.1 Å². The number of hydrogen-bond donors (Lipinski definition) is 0. The molecule has 1 aromatic carbocycles. The van der Waals surface area contributed by atoms with Crippen molar-refractivity contribution in [3.8, 4) is 0 Å². The number of Topliss-reactive ketones (excluding diaryl/α,β-unsaturated/α-hetero) is 1. The number of fused-ring (bicyclic) bond motifs is 1. The van der Waals surface area contributed by atoms with Crippen molar-refractivity contribution in [2.24, 2.45) is 5.92 Å². The Hall–Kier alpha value is -2.17. The monoisotopic (exact) mass is 287 g/mol. The van der Waals surface area contributed by atoms with E-state index in [0.29, 0.717) is 24.9 Å². The van der Waals surface area contributed by atoms with Gasteiger partial charge in [0.1, 0.15) is 0 Å². The number of hydrogen-bond acceptors (Lipinski definition) is 4. The second kappa shape index (κ2) is 5.31. The van der Waals surface area contributed by atoms with Gasteiger partial charge in [0.05, 0.1) is 13.5 Å². The fourth-order valence-electron chi connectivity index (χ4n) is 3.09. The van der Waals surface area contributed by atoms with Gasteiger partial charge in [0.15, 0.2) is 5.78 Å². The fourth-order valence-corrected chi connectivity index (χ4v) is 3.09. The Balaban J connectivity index is 1.84. The maximum atomic E-state index is 12.4. The zero-order chi connectivity index (χ0) is 15.0. The van der Waals surface area contributed by atoms with Gasteiger partial charge >= 0.3 is 5.97 Å². The number of carbonyl (C=O) groups is 3. The van der Waals surface area contributed by atoms with Crippen LogP contribution in [0.25, 0.3) is 0 Å². The number of ether oxygens (including phenoxy) is 1. The van der Waals surface area contributed by atoms with Crippen molar-refractivity contribution in [3.05, 3.63) is 29.3 Å². The molecular formula is C16H17NO4. The van der Waals surface area contributed by atoms with Crippen molar-refractivity contribution < 1.29 is 19.1 Å². The number of rotatable bonds is 3. The SMILES string of the molecule is COC(=O)CC1Cc2ccc(N3CCCC3=O)cc2C1=O. The molecule has 5 heteroatoms. The average molecular weight is 287 g/mol. The first-order valence-corrected chi connectivity index (χ1v) is 7.14. The lowest BCUT2D eigenvalue weighted by molar-refractivity contribution is -0.141. The van der Waals surface area contributed by atoms with Crippen LogP contribution in [-0.4, -0.2) is 31.3 Å².